The molecule has 1 aromatic rings. The molecular weight excluding hydrogens is 505 g/mol. The third-order valence-corrected chi connectivity index (χ3v) is 7.01. The van der Waals surface area contributed by atoms with E-state index >= 15 is 0 Å². The van der Waals surface area contributed by atoms with Gasteiger partial charge in [-0.25, -0.2) is 0 Å². The molecule has 1 aliphatic heterocycles. The number of nitrogen functional groups attached to an aromatic ring is 1. The van der Waals surface area contributed by atoms with Crippen LogP contribution in [0.15, 0.2) is 24.3 Å². The summed E-state index contributed by atoms with van der Waals surface area (Å²) in [7, 11) is 4.35. The van der Waals surface area contributed by atoms with Crippen molar-refractivity contribution in [3.63, 3.8) is 0 Å². The maximum atomic E-state index is 5.81. The Morgan fingerprint density at radius 3 is 1.72 bits per heavy atom. The van der Waals surface area contributed by atoms with Crippen molar-refractivity contribution in [1.82, 2.24) is 4.90 Å². The Labute approximate surface area is 216 Å². The van der Waals surface area contributed by atoms with Gasteiger partial charge >= 0.3 is 0 Å². The van der Waals surface area contributed by atoms with Crippen LogP contribution in [0.3, 0.4) is 0 Å². The monoisotopic (exact) mass is 557 g/mol. The number of nitrogens with two attached hydrogens (primary N) is 1. The highest BCUT2D eigenvalue weighted by molar-refractivity contribution is 14.0. The van der Waals surface area contributed by atoms with Crippen molar-refractivity contribution in [2.24, 2.45) is 5.92 Å². The van der Waals surface area contributed by atoms with Crippen LogP contribution in [0.2, 0.25) is 0 Å². The fourth-order valence-electron chi connectivity index (χ4n) is 4.97. The Morgan fingerprint density at radius 2 is 1.22 bits per heavy atom. The van der Waals surface area contributed by atoms with Crippen molar-refractivity contribution in [2.75, 3.05) is 44.4 Å². The average molecular weight is 558 g/mol. The lowest BCUT2D eigenvalue weighted by molar-refractivity contribution is 0.389. The van der Waals surface area contributed by atoms with E-state index in [0.29, 0.717) is 0 Å². The van der Waals surface area contributed by atoms with Crippen LogP contribution in [0.4, 0.5) is 11.4 Å². The number of anilines is 2. The second-order valence-electron chi connectivity index (χ2n) is 10.2. The number of hydrogen-bond donors (Lipinski definition) is 1. The number of benzene rings is 1. The Morgan fingerprint density at radius 1 is 0.750 bits per heavy atom. The summed E-state index contributed by atoms with van der Waals surface area (Å²) in [5.41, 5.74) is 8.02. The summed E-state index contributed by atoms with van der Waals surface area (Å²) in [6, 6.07) is 8.39. The van der Waals surface area contributed by atoms with E-state index in [0.717, 1.165) is 11.6 Å². The van der Waals surface area contributed by atoms with Crippen molar-refractivity contribution < 1.29 is 0 Å². The highest BCUT2D eigenvalue weighted by Gasteiger charge is 2.22. The second-order valence-corrected chi connectivity index (χ2v) is 10.2. The van der Waals surface area contributed by atoms with Gasteiger partial charge in [-0.1, -0.05) is 83.5 Å². The average Bonchev–Trinajstić information content (AvgIpc) is 3.22. The molecule has 0 bridgehead atoms. The van der Waals surface area contributed by atoms with Gasteiger partial charge in [0.05, 0.1) is 0 Å². The standard InChI is InChI=1S/C28H51N3.HI/c1-30(2)23-16-14-12-10-8-6-4-3-5-7-9-11-13-15-17-26-22-24-31(25-26)28-20-18-27(29)19-21-28;/h18-21,26H,3-17,22-25,29H2,1-2H3;1H. The van der Waals surface area contributed by atoms with E-state index in [4.69, 9.17) is 5.73 Å². The van der Waals surface area contributed by atoms with Crippen molar-refractivity contribution in [1.29, 1.82) is 0 Å². The zero-order valence-corrected chi connectivity index (χ0v) is 23.5. The molecular formula is C28H52IN3. The Kier molecular flexibility index (Phi) is 17.4. The van der Waals surface area contributed by atoms with Crippen LogP contribution in [-0.2, 0) is 0 Å². The van der Waals surface area contributed by atoms with Gasteiger partial charge < -0.3 is 15.5 Å². The lowest BCUT2D eigenvalue weighted by Gasteiger charge is -2.18. The largest absolute Gasteiger partial charge is 0.399 e. The van der Waals surface area contributed by atoms with Crippen LogP contribution in [-0.4, -0.2) is 38.6 Å². The first-order valence-corrected chi connectivity index (χ1v) is 13.4. The predicted octanol–water partition coefficient (Wildman–Crippen LogP) is 8.13. The van der Waals surface area contributed by atoms with Crippen molar-refractivity contribution >= 4 is 35.4 Å². The normalized spacial score (nSPS) is 16.0. The molecule has 1 saturated heterocycles. The summed E-state index contributed by atoms with van der Waals surface area (Å²) in [4.78, 5) is 4.84. The molecule has 1 aliphatic rings. The van der Waals surface area contributed by atoms with Gasteiger partial charge in [0.1, 0.15) is 0 Å². The van der Waals surface area contributed by atoms with Gasteiger partial charge in [0.25, 0.3) is 0 Å². The first-order valence-electron chi connectivity index (χ1n) is 13.4. The molecule has 0 saturated carbocycles. The smallest absolute Gasteiger partial charge is 0.0367 e. The van der Waals surface area contributed by atoms with Gasteiger partial charge in [0.2, 0.25) is 0 Å². The van der Waals surface area contributed by atoms with Crippen molar-refractivity contribution in [2.45, 2.75) is 103 Å². The topological polar surface area (TPSA) is 32.5 Å². The zero-order valence-electron chi connectivity index (χ0n) is 21.2. The summed E-state index contributed by atoms with van der Waals surface area (Å²) in [5.74, 6) is 0.894. The Bertz CT molecular complexity index is 546. The van der Waals surface area contributed by atoms with Gasteiger partial charge in [0, 0.05) is 24.5 Å². The summed E-state index contributed by atoms with van der Waals surface area (Å²) >= 11 is 0. The van der Waals surface area contributed by atoms with Crippen LogP contribution in [0.25, 0.3) is 0 Å². The number of rotatable bonds is 18. The first-order chi connectivity index (χ1) is 15.1. The molecule has 0 aliphatic carbocycles. The third-order valence-electron chi connectivity index (χ3n) is 7.01. The molecule has 186 valence electrons. The van der Waals surface area contributed by atoms with Gasteiger partial charge in [0.15, 0.2) is 0 Å². The molecule has 3 nitrogen and oxygen atoms in total. The van der Waals surface area contributed by atoms with Gasteiger partial charge in [-0.3, -0.25) is 0 Å². The fraction of sp³-hybridized carbons (Fsp3) is 0.786. The van der Waals surface area contributed by atoms with Crippen LogP contribution < -0.4 is 10.6 Å². The molecule has 1 fully saturated rings. The summed E-state index contributed by atoms with van der Waals surface area (Å²) in [6.07, 6.45) is 23.0. The van der Waals surface area contributed by atoms with Gasteiger partial charge in [-0.05, 0) is 70.1 Å². The molecule has 0 radical (unpaired) electrons. The number of hydrogen-bond acceptors (Lipinski definition) is 3. The Balaban J connectivity index is 0.00000512. The van der Waals surface area contributed by atoms with Crippen molar-refractivity contribution in [3.8, 4) is 0 Å². The third kappa shape index (κ3) is 13.9. The molecule has 1 aromatic carbocycles. The first kappa shape index (κ1) is 29.5. The highest BCUT2D eigenvalue weighted by Crippen LogP contribution is 2.27. The summed E-state index contributed by atoms with van der Waals surface area (Å²) in [6.45, 7) is 3.70. The predicted molar refractivity (Wildman–Crippen MR) is 154 cm³/mol. The Hall–Kier alpha value is -0.490. The number of unbranched alkanes of at least 4 members (excludes halogenated alkanes) is 13. The van der Waals surface area contributed by atoms with E-state index in [1.54, 1.807) is 0 Å². The van der Waals surface area contributed by atoms with E-state index < -0.39 is 0 Å². The minimum Gasteiger partial charge on any atom is -0.399 e. The van der Waals surface area contributed by atoms with Crippen LogP contribution in [0, 0.1) is 5.92 Å². The molecule has 1 heterocycles. The summed E-state index contributed by atoms with van der Waals surface area (Å²) < 4.78 is 0. The number of halogens is 1. The highest BCUT2D eigenvalue weighted by atomic mass is 127. The minimum absolute atomic E-state index is 0. The van der Waals surface area contributed by atoms with E-state index in [1.165, 1.54) is 128 Å². The van der Waals surface area contributed by atoms with Gasteiger partial charge in [-0.15, -0.1) is 24.0 Å². The van der Waals surface area contributed by atoms with Crippen LogP contribution in [0.5, 0.6) is 0 Å². The molecule has 2 N–H and O–H groups in total. The molecule has 0 spiro atoms. The van der Waals surface area contributed by atoms with Gasteiger partial charge in [-0.2, -0.15) is 0 Å². The SMILES string of the molecule is CN(C)CCCCCCCCCCCCCCCCC1CCN(c2ccc(N)cc2)C1.I. The molecule has 1 unspecified atom stereocenters. The zero-order chi connectivity index (χ0) is 22.2. The second kappa shape index (κ2) is 18.9. The molecule has 0 amide bonds. The molecule has 2 rings (SSSR count). The quantitative estimate of drug-likeness (QED) is 0.112. The minimum atomic E-state index is 0. The van der Waals surface area contributed by atoms with E-state index in [-0.39, 0.29) is 24.0 Å². The molecule has 0 aromatic heterocycles. The molecule has 4 heteroatoms. The fourth-order valence-corrected chi connectivity index (χ4v) is 4.97. The molecule has 32 heavy (non-hydrogen) atoms. The van der Waals surface area contributed by atoms with E-state index in [1.807, 2.05) is 12.1 Å². The number of nitrogens with zero attached hydrogens (tertiary/aromatic N) is 2. The van der Waals surface area contributed by atoms with E-state index in [2.05, 4.69) is 36.0 Å². The van der Waals surface area contributed by atoms with Crippen molar-refractivity contribution in [3.05, 3.63) is 24.3 Å². The molecule has 1 atom stereocenters. The summed E-state index contributed by atoms with van der Waals surface area (Å²) in [5, 5.41) is 0. The van der Waals surface area contributed by atoms with E-state index in [9.17, 15) is 0 Å². The van der Waals surface area contributed by atoms with Crippen LogP contribution in [0.1, 0.15) is 103 Å². The lowest BCUT2D eigenvalue weighted by Crippen LogP contribution is -2.19. The lowest BCUT2D eigenvalue weighted by atomic mass is 9.99. The maximum absolute atomic E-state index is 5.81. The maximum Gasteiger partial charge on any atom is 0.0367 e. The van der Waals surface area contributed by atoms with Crippen LogP contribution >= 0.6 is 24.0 Å².